The van der Waals surface area contributed by atoms with E-state index in [2.05, 4.69) is 11.1 Å². The molecule has 0 aliphatic heterocycles. The van der Waals surface area contributed by atoms with Crippen LogP contribution in [0.2, 0.25) is 0 Å². The third kappa shape index (κ3) is 3.49. The van der Waals surface area contributed by atoms with Crippen LogP contribution in [0.4, 0.5) is 5.69 Å². The van der Waals surface area contributed by atoms with Gasteiger partial charge in [-0.3, -0.25) is 0 Å². The zero-order valence-corrected chi connectivity index (χ0v) is 11.2. The summed E-state index contributed by atoms with van der Waals surface area (Å²) in [5.41, 5.74) is 8.23. The Hall–Kier alpha value is -2.02. The van der Waals surface area contributed by atoms with Crippen LogP contribution < -0.4 is 5.73 Å². The first-order valence-corrected chi connectivity index (χ1v) is 5.85. The highest BCUT2D eigenvalue weighted by atomic mass is 15.0. The average Bonchev–Trinajstić information content (AvgIpc) is 2.73. The van der Waals surface area contributed by atoms with Gasteiger partial charge in [-0.25, -0.2) is 4.98 Å². The summed E-state index contributed by atoms with van der Waals surface area (Å²) in [6.07, 6.45) is 3.59. The molecule has 0 bridgehead atoms. The number of rotatable bonds is 0. The van der Waals surface area contributed by atoms with E-state index in [1.165, 1.54) is 0 Å². The Morgan fingerprint density at radius 1 is 1.24 bits per heavy atom. The summed E-state index contributed by atoms with van der Waals surface area (Å²) in [5.74, 6) is 0. The lowest BCUT2D eigenvalue weighted by atomic mass is 10.3. The van der Waals surface area contributed by atoms with E-state index in [0.29, 0.717) is 16.9 Å². The number of imidazole rings is 1. The van der Waals surface area contributed by atoms with Gasteiger partial charge in [-0.15, -0.1) is 0 Å². The van der Waals surface area contributed by atoms with Crippen molar-refractivity contribution in [1.29, 1.82) is 5.26 Å². The highest BCUT2D eigenvalue weighted by Gasteiger charge is 2.04. The Morgan fingerprint density at radius 3 is 2.35 bits per heavy atom. The molecular weight excluding hydrogens is 212 g/mol. The highest BCUT2D eigenvalue weighted by molar-refractivity contribution is 5.61. The van der Waals surface area contributed by atoms with Crippen LogP contribution in [-0.2, 0) is 0 Å². The first-order valence-electron chi connectivity index (χ1n) is 5.85. The first kappa shape index (κ1) is 15.0. The topological polar surface area (TPSA) is 67.1 Å². The van der Waals surface area contributed by atoms with E-state index in [-0.39, 0.29) is 0 Å². The van der Waals surface area contributed by atoms with E-state index in [9.17, 15) is 0 Å². The summed E-state index contributed by atoms with van der Waals surface area (Å²) in [5, 5.41) is 8.81. The van der Waals surface area contributed by atoms with Gasteiger partial charge in [-0.1, -0.05) is 27.7 Å². The number of anilines is 1. The van der Waals surface area contributed by atoms with Crippen molar-refractivity contribution in [2.75, 3.05) is 5.73 Å². The average molecular weight is 232 g/mol. The van der Waals surface area contributed by atoms with Crippen LogP contribution in [0.25, 0.3) is 5.65 Å². The van der Waals surface area contributed by atoms with Crippen LogP contribution in [0.3, 0.4) is 0 Å². The lowest BCUT2D eigenvalue weighted by Crippen LogP contribution is -1.93. The monoisotopic (exact) mass is 232 g/mol. The number of fused-ring (bicyclic) bond motifs is 1. The lowest BCUT2D eigenvalue weighted by molar-refractivity contribution is 1.18. The quantitative estimate of drug-likeness (QED) is 0.758. The summed E-state index contributed by atoms with van der Waals surface area (Å²) in [6, 6.07) is 3.69. The molecule has 2 N–H and O–H groups in total. The van der Waals surface area contributed by atoms with Crippen molar-refractivity contribution < 1.29 is 0 Å². The Bertz CT molecular complexity index is 506. The Morgan fingerprint density at radius 2 is 1.82 bits per heavy atom. The smallest absolute Gasteiger partial charge is 0.155 e. The van der Waals surface area contributed by atoms with Crippen LogP contribution in [0.15, 0.2) is 18.5 Å². The van der Waals surface area contributed by atoms with Gasteiger partial charge in [0.05, 0.1) is 11.3 Å². The van der Waals surface area contributed by atoms with E-state index >= 15 is 0 Å². The van der Waals surface area contributed by atoms with Gasteiger partial charge in [-0.2, -0.15) is 5.26 Å². The van der Waals surface area contributed by atoms with Crippen molar-refractivity contribution in [3.05, 3.63) is 29.7 Å². The molecule has 2 aromatic rings. The molecular formula is C13H20N4. The highest BCUT2D eigenvalue weighted by Crippen LogP contribution is 2.13. The van der Waals surface area contributed by atoms with Crippen molar-refractivity contribution in [2.45, 2.75) is 34.6 Å². The fourth-order valence-corrected chi connectivity index (χ4v) is 1.33. The second-order valence-corrected chi connectivity index (χ2v) is 2.91. The Labute approximate surface area is 103 Å². The van der Waals surface area contributed by atoms with Gasteiger partial charge >= 0.3 is 0 Å². The number of pyridine rings is 1. The van der Waals surface area contributed by atoms with Crippen molar-refractivity contribution in [3.8, 4) is 6.07 Å². The van der Waals surface area contributed by atoms with Crippen molar-refractivity contribution in [3.63, 3.8) is 0 Å². The summed E-state index contributed by atoms with van der Waals surface area (Å²) in [4.78, 5) is 4.21. The van der Waals surface area contributed by atoms with Gasteiger partial charge in [0.25, 0.3) is 0 Å². The second-order valence-electron chi connectivity index (χ2n) is 2.91. The molecule has 4 heteroatoms. The number of aryl methyl sites for hydroxylation is 1. The molecule has 0 saturated heterocycles. The predicted molar refractivity (Wildman–Crippen MR) is 71.8 cm³/mol. The molecule has 2 rings (SSSR count). The Kier molecular flexibility index (Phi) is 6.42. The van der Waals surface area contributed by atoms with Gasteiger partial charge in [0.2, 0.25) is 0 Å². The fraction of sp³-hybridized carbons (Fsp3) is 0.385. The minimum Gasteiger partial charge on any atom is -0.397 e. The predicted octanol–water partition coefficient (Wildman–Crippen LogP) is 3.15. The molecule has 4 nitrogen and oxygen atoms in total. The zero-order chi connectivity index (χ0) is 13.4. The van der Waals surface area contributed by atoms with E-state index in [1.807, 2.05) is 40.8 Å². The fourth-order valence-electron chi connectivity index (χ4n) is 1.33. The number of aromatic nitrogens is 2. The molecule has 0 aliphatic rings. The molecule has 0 aromatic carbocycles. The SMILES string of the molecule is CC.CC.Cc1cn2cc(N)cc(C#N)c2n1. The van der Waals surface area contributed by atoms with Crippen LogP contribution in [-0.4, -0.2) is 9.38 Å². The summed E-state index contributed by atoms with van der Waals surface area (Å²) in [6.45, 7) is 9.88. The standard InChI is InChI=1S/C9H8N4.2C2H6/c1-6-4-13-5-8(11)2-7(3-10)9(13)12-6;2*1-2/h2,4-5H,11H2,1H3;2*1-2H3. The molecule has 0 radical (unpaired) electrons. The minimum absolute atomic E-state index is 0.508. The van der Waals surface area contributed by atoms with Gasteiger partial charge < -0.3 is 10.1 Å². The molecule has 0 spiro atoms. The Balaban J connectivity index is 0.000000581. The molecule has 0 aliphatic carbocycles. The van der Waals surface area contributed by atoms with Crippen LogP contribution >= 0.6 is 0 Å². The van der Waals surface area contributed by atoms with E-state index in [0.717, 1.165) is 5.69 Å². The first-order chi connectivity index (χ1) is 8.20. The zero-order valence-electron chi connectivity index (χ0n) is 11.2. The third-order valence-electron chi connectivity index (χ3n) is 1.81. The molecule has 2 heterocycles. The summed E-state index contributed by atoms with van der Waals surface area (Å²) < 4.78 is 1.77. The van der Waals surface area contributed by atoms with Gasteiger partial charge in [0, 0.05) is 18.1 Å². The lowest BCUT2D eigenvalue weighted by Gasteiger charge is -1.97. The molecule has 0 atom stereocenters. The largest absolute Gasteiger partial charge is 0.397 e. The number of nitriles is 1. The summed E-state index contributed by atoms with van der Waals surface area (Å²) in [7, 11) is 0. The van der Waals surface area contributed by atoms with Crippen molar-refractivity contribution in [2.24, 2.45) is 0 Å². The molecule has 0 amide bonds. The van der Waals surface area contributed by atoms with Crippen molar-refractivity contribution >= 4 is 11.3 Å². The molecule has 92 valence electrons. The molecule has 2 aromatic heterocycles. The van der Waals surface area contributed by atoms with Gasteiger partial charge in [0.15, 0.2) is 5.65 Å². The third-order valence-corrected chi connectivity index (χ3v) is 1.81. The van der Waals surface area contributed by atoms with Crippen LogP contribution in [0.5, 0.6) is 0 Å². The van der Waals surface area contributed by atoms with Gasteiger partial charge in [0.1, 0.15) is 6.07 Å². The van der Waals surface area contributed by atoms with Gasteiger partial charge in [-0.05, 0) is 13.0 Å². The van der Waals surface area contributed by atoms with E-state index < -0.39 is 0 Å². The number of nitrogens with zero attached hydrogens (tertiary/aromatic N) is 3. The number of nitrogen functional groups attached to an aromatic ring is 1. The second kappa shape index (κ2) is 7.29. The number of hydrogen-bond acceptors (Lipinski definition) is 3. The maximum absolute atomic E-state index is 8.81. The van der Waals surface area contributed by atoms with E-state index in [1.54, 1.807) is 16.7 Å². The van der Waals surface area contributed by atoms with Crippen LogP contribution in [0.1, 0.15) is 39.0 Å². The van der Waals surface area contributed by atoms with Crippen LogP contribution in [0, 0.1) is 18.3 Å². The molecule has 0 fully saturated rings. The molecule has 17 heavy (non-hydrogen) atoms. The number of hydrogen-bond donors (Lipinski definition) is 1. The van der Waals surface area contributed by atoms with E-state index in [4.69, 9.17) is 11.0 Å². The number of nitrogens with two attached hydrogens (primary N) is 1. The summed E-state index contributed by atoms with van der Waals surface area (Å²) >= 11 is 0. The maximum Gasteiger partial charge on any atom is 0.155 e. The minimum atomic E-state index is 0.508. The maximum atomic E-state index is 8.81. The normalized spacial score (nSPS) is 8.47. The molecule has 0 saturated carbocycles. The van der Waals surface area contributed by atoms with Crippen molar-refractivity contribution in [1.82, 2.24) is 9.38 Å². The molecule has 0 unspecified atom stereocenters.